The number of nitrogens with zero attached hydrogens (tertiary/aromatic N) is 2. The first-order chi connectivity index (χ1) is 25.3. The van der Waals surface area contributed by atoms with Crippen LogP contribution in [-0.2, 0) is 0 Å². The van der Waals surface area contributed by atoms with E-state index in [-0.39, 0.29) is 0 Å². The van der Waals surface area contributed by atoms with E-state index in [0.717, 1.165) is 34.0 Å². The number of benzene rings is 7. The van der Waals surface area contributed by atoms with Crippen molar-refractivity contribution in [3.05, 3.63) is 182 Å². The standard InChI is InChI=1S/C48H32N2O/c1-3-13-31(14-4-1)34-29-45(48-38-19-9-12-22-46(38)51-47(48)30-34)50-42-21-11-8-18-37(42)40-28-33(24-26-44(40)50)32-23-25-43-39(27-32)36-17-7-10-20-41(36)49(43)35-15-5-2-6-16-35/h1-13,15-31H,14H2. The third-order valence-electron chi connectivity index (χ3n) is 10.8. The van der Waals surface area contributed by atoms with E-state index in [1.54, 1.807) is 0 Å². The molecule has 0 radical (unpaired) electrons. The molecule has 11 rings (SSSR count). The SMILES string of the molecule is C1=CCC(c2cc(-n3c4ccccc4c4cc(-c5ccc6c(c5)c5ccccc5n6-c5ccccc5)ccc43)c3c(c2)oc2ccccc23)C=C1. The van der Waals surface area contributed by atoms with Gasteiger partial charge >= 0.3 is 0 Å². The van der Waals surface area contributed by atoms with Gasteiger partial charge in [-0.3, -0.25) is 0 Å². The Hall–Kier alpha value is -6.58. The molecule has 0 spiro atoms. The van der Waals surface area contributed by atoms with Crippen molar-refractivity contribution in [2.24, 2.45) is 0 Å². The summed E-state index contributed by atoms with van der Waals surface area (Å²) in [4.78, 5) is 0. The highest BCUT2D eigenvalue weighted by Crippen LogP contribution is 2.42. The largest absolute Gasteiger partial charge is 0.456 e. The number of hydrogen-bond donors (Lipinski definition) is 0. The molecular formula is C48H32N2O. The predicted octanol–water partition coefficient (Wildman–Crippen LogP) is 13.0. The molecule has 3 aromatic heterocycles. The van der Waals surface area contributed by atoms with Crippen LogP contribution < -0.4 is 0 Å². The molecule has 7 aromatic carbocycles. The van der Waals surface area contributed by atoms with Crippen LogP contribution >= 0.6 is 0 Å². The van der Waals surface area contributed by atoms with Crippen molar-refractivity contribution in [1.29, 1.82) is 0 Å². The molecule has 3 nitrogen and oxygen atoms in total. The Balaban J connectivity index is 1.15. The number of hydrogen-bond acceptors (Lipinski definition) is 1. The second-order valence-electron chi connectivity index (χ2n) is 13.7. The summed E-state index contributed by atoms with van der Waals surface area (Å²) in [6, 6.07) is 55.2. The van der Waals surface area contributed by atoms with E-state index in [0.29, 0.717) is 5.92 Å². The summed E-state index contributed by atoms with van der Waals surface area (Å²) in [6.07, 6.45) is 9.84. The van der Waals surface area contributed by atoms with Crippen molar-refractivity contribution in [3.8, 4) is 22.5 Å². The molecule has 0 saturated heterocycles. The van der Waals surface area contributed by atoms with Crippen LogP contribution in [0.4, 0.5) is 0 Å². The number of furan rings is 1. The smallest absolute Gasteiger partial charge is 0.137 e. The van der Waals surface area contributed by atoms with Crippen molar-refractivity contribution in [1.82, 2.24) is 9.13 Å². The fraction of sp³-hybridized carbons (Fsp3) is 0.0417. The molecule has 3 heterocycles. The van der Waals surface area contributed by atoms with Gasteiger partial charge in [0.2, 0.25) is 0 Å². The normalized spacial score (nSPS) is 14.6. The maximum Gasteiger partial charge on any atom is 0.137 e. The van der Waals surface area contributed by atoms with E-state index in [1.165, 1.54) is 66.0 Å². The average Bonchev–Trinajstić information content (AvgIpc) is 3.85. The summed E-state index contributed by atoms with van der Waals surface area (Å²) >= 11 is 0. The van der Waals surface area contributed by atoms with E-state index in [9.17, 15) is 0 Å². The lowest BCUT2D eigenvalue weighted by Crippen LogP contribution is -2.01. The number of rotatable bonds is 4. The summed E-state index contributed by atoms with van der Waals surface area (Å²) in [5, 5.41) is 7.28. The maximum atomic E-state index is 6.56. The van der Waals surface area contributed by atoms with Crippen LogP contribution in [0.2, 0.25) is 0 Å². The molecule has 3 heteroatoms. The Morgan fingerprint density at radius 3 is 1.78 bits per heavy atom. The Kier molecular flexibility index (Phi) is 6.08. The number of aromatic nitrogens is 2. The minimum Gasteiger partial charge on any atom is -0.456 e. The van der Waals surface area contributed by atoms with Crippen molar-refractivity contribution < 1.29 is 4.42 Å². The molecule has 0 aliphatic heterocycles. The van der Waals surface area contributed by atoms with E-state index in [4.69, 9.17) is 4.42 Å². The Labute approximate surface area is 294 Å². The van der Waals surface area contributed by atoms with Gasteiger partial charge in [0.25, 0.3) is 0 Å². The first-order valence-electron chi connectivity index (χ1n) is 17.7. The van der Waals surface area contributed by atoms with Crippen LogP contribution in [0.3, 0.4) is 0 Å². The molecule has 0 bridgehead atoms. The highest BCUT2D eigenvalue weighted by atomic mass is 16.3. The molecule has 0 N–H and O–H groups in total. The first-order valence-corrected chi connectivity index (χ1v) is 17.7. The van der Waals surface area contributed by atoms with Crippen LogP contribution in [0, 0.1) is 0 Å². The van der Waals surface area contributed by atoms with Gasteiger partial charge < -0.3 is 13.6 Å². The minimum atomic E-state index is 0.300. The zero-order valence-corrected chi connectivity index (χ0v) is 27.8. The van der Waals surface area contributed by atoms with Gasteiger partial charge in [0, 0.05) is 38.5 Å². The van der Waals surface area contributed by atoms with Gasteiger partial charge in [-0.05, 0) is 89.8 Å². The molecule has 240 valence electrons. The summed E-state index contributed by atoms with van der Waals surface area (Å²) in [6.45, 7) is 0. The topological polar surface area (TPSA) is 23.0 Å². The lowest BCUT2D eigenvalue weighted by molar-refractivity contribution is 0.667. The molecule has 0 amide bonds. The van der Waals surface area contributed by atoms with E-state index < -0.39 is 0 Å². The second kappa shape index (κ2) is 11.0. The minimum absolute atomic E-state index is 0.300. The molecule has 1 aliphatic rings. The van der Waals surface area contributed by atoms with E-state index >= 15 is 0 Å². The lowest BCUT2D eigenvalue weighted by Gasteiger charge is -2.17. The predicted molar refractivity (Wildman–Crippen MR) is 213 cm³/mol. The monoisotopic (exact) mass is 652 g/mol. The molecule has 10 aromatic rings. The third kappa shape index (κ3) is 4.25. The van der Waals surface area contributed by atoms with Crippen molar-refractivity contribution in [3.63, 3.8) is 0 Å². The lowest BCUT2D eigenvalue weighted by atomic mass is 9.91. The maximum absolute atomic E-state index is 6.56. The summed E-state index contributed by atoms with van der Waals surface area (Å²) in [5.74, 6) is 0.300. The summed E-state index contributed by atoms with van der Waals surface area (Å²) < 4.78 is 11.4. The number of allylic oxidation sites excluding steroid dienone is 4. The van der Waals surface area contributed by atoms with Gasteiger partial charge in [-0.2, -0.15) is 0 Å². The second-order valence-corrected chi connectivity index (χ2v) is 13.7. The van der Waals surface area contributed by atoms with Crippen molar-refractivity contribution in [2.75, 3.05) is 0 Å². The van der Waals surface area contributed by atoms with Crippen LogP contribution in [0.15, 0.2) is 180 Å². The first kappa shape index (κ1) is 28.3. The van der Waals surface area contributed by atoms with Crippen molar-refractivity contribution >= 4 is 65.6 Å². The van der Waals surface area contributed by atoms with Gasteiger partial charge in [-0.15, -0.1) is 0 Å². The van der Waals surface area contributed by atoms with Crippen LogP contribution in [0.1, 0.15) is 17.9 Å². The number of fused-ring (bicyclic) bond motifs is 9. The van der Waals surface area contributed by atoms with Gasteiger partial charge in [0.05, 0.1) is 33.1 Å². The molecule has 1 aliphatic carbocycles. The van der Waals surface area contributed by atoms with Gasteiger partial charge in [-0.1, -0.05) is 109 Å². The summed E-state index contributed by atoms with van der Waals surface area (Å²) in [5.41, 5.74) is 12.7. The van der Waals surface area contributed by atoms with E-state index in [1.807, 2.05) is 0 Å². The highest BCUT2D eigenvalue weighted by molar-refractivity contribution is 6.16. The van der Waals surface area contributed by atoms with E-state index in [2.05, 4.69) is 185 Å². The molecular weight excluding hydrogens is 621 g/mol. The molecule has 0 saturated carbocycles. The Morgan fingerprint density at radius 2 is 1.08 bits per heavy atom. The molecule has 51 heavy (non-hydrogen) atoms. The molecule has 1 unspecified atom stereocenters. The quantitative estimate of drug-likeness (QED) is 0.186. The van der Waals surface area contributed by atoms with Crippen LogP contribution in [0.25, 0.3) is 88.1 Å². The zero-order valence-electron chi connectivity index (χ0n) is 27.8. The summed E-state index contributed by atoms with van der Waals surface area (Å²) in [7, 11) is 0. The third-order valence-corrected chi connectivity index (χ3v) is 10.8. The van der Waals surface area contributed by atoms with Gasteiger partial charge in [0.1, 0.15) is 11.2 Å². The highest BCUT2D eigenvalue weighted by Gasteiger charge is 2.22. The van der Waals surface area contributed by atoms with Crippen LogP contribution in [-0.4, -0.2) is 9.13 Å². The average molecular weight is 653 g/mol. The van der Waals surface area contributed by atoms with Crippen molar-refractivity contribution in [2.45, 2.75) is 12.3 Å². The molecule has 0 fully saturated rings. The molecule has 1 atom stereocenters. The zero-order chi connectivity index (χ0) is 33.5. The Bertz CT molecular complexity index is 3060. The fourth-order valence-corrected chi connectivity index (χ4v) is 8.49. The number of para-hydroxylation sites is 4. The van der Waals surface area contributed by atoms with Crippen LogP contribution in [0.5, 0.6) is 0 Å². The van der Waals surface area contributed by atoms with Gasteiger partial charge in [-0.25, -0.2) is 0 Å². The Morgan fingerprint density at radius 1 is 0.471 bits per heavy atom. The van der Waals surface area contributed by atoms with Gasteiger partial charge in [0.15, 0.2) is 0 Å². The fourth-order valence-electron chi connectivity index (χ4n) is 8.49.